The molecule has 0 unspecified atom stereocenters. The quantitative estimate of drug-likeness (QED) is 0.688. The van der Waals surface area contributed by atoms with Crippen molar-refractivity contribution in [1.29, 1.82) is 0 Å². The normalized spacial score (nSPS) is 14.3. The Balaban J connectivity index is 2.34. The number of fused-ring (bicyclic) bond motifs is 3. The number of carbonyl (C=O) groups is 2. The van der Waals surface area contributed by atoms with Crippen LogP contribution in [0.15, 0.2) is 29.1 Å². The average Bonchev–Trinajstić information content (AvgIpc) is 2.99. The lowest BCUT2D eigenvalue weighted by atomic mass is 9.95. The van der Waals surface area contributed by atoms with E-state index in [4.69, 9.17) is 18.9 Å². The fourth-order valence-corrected chi connectivity index (χ4v) is 4.04. The van der Waals surface area contributed by atoms with Gasteiger partial charge in [0.15, 0.2) is 16.9 Å². The Morgan fingerprint density at radius 1 is 1.03 bits per heavy atom. The largest absolute Gasteiger partial charge is 0.493 e. The molecule has 0 aromatic heterocycles. The molecule has 0 heterocycles. The van der Waals surface area contributed by atoms with Crippen molar-refractivity contribution in [3.05, 3.63) is 51.2 Å². The number of rotatable bonds is 6. The van der Waals surface area contributed by atoms with Crippen LogP contribution in [0.2, 0.25) is 0 Å². The molecule has 0 fully saturated rings. The monoisotopic (exact) mass is 441 g/mol. The first-order valence-electron chi connectivity index (χ1n) is 10.2. The molecule has 0 saturated heterocycles. The Hall–Kier alpha value is -3.55. The van der Waals surface area contributed by atoms with Gasteiger partial charge in [0.05, 0.1) is 27.4 Å². The van der Waals surface area contributed by atoms with Crippen LogP contribution in [0, 0.1) is 0 Å². The molecule has 1 atom stereocenters. The van der Waals surface area contributed by atoms with Crippen LogP contribution in [0.3, 0.4) is 0 Å². The molecule has 1 N–H and O–H groups in total. The Bertz CT molecular complexity index is 1110. The summed E-state index contributed by atoms with van der Waals surface area (Å²) in [7, 11) is 4.63. The van der Waals surface area contributed by atoms with E-state index in [-0.39, 0.29) is 17.9 Å². The van der Waals surface area contributed by atoms with Crippen molar-refractivity contribution in [3.63, 3.8) is 0 Å². The molecule has 3 rings (SSSR count). The molecular weight excluding hydrogens is 414 g/mol. The Labute approximate surface area is 186 Å². The molecule has 2 aromatic carbocycles. The molecule has 0 radical (unpaired) electrons. The van der Waals surface area contributed by atoms with E-state index in [1.807, 2.05) is 6.07 Å². The van der Waals surface area contributed by atoms with Gasteiger partial charge >= 0.3 is 5.97 Å². The first-order chi connectivity index (χ1) is 15.3. The average molecular weight is 441 g/mol. The highest BCUT2D eigenvalue weighted by Gasteiger charge is 2.29. The molecule has 8 heteroatoms. The number of hydrogen-bond donors (Lipinski definition) is 1. The highest BCUT2D eigenvalue weighted by molar-refractivity contribution is 5.83. The van der Waals surface area contributed by atoms with Crippen LogP contribution in [-0.2, 0) is 27.4 Å². The van der Waals surface area contributed by atoms with Crippen molar-refractivity contribution in [2.45, 2.75) is 39.3 Å². The lowest BCUT2D eigenvalue weighted by Crippen LogP contribution is -2.26. The van der Waals surface area contributed by atoms with Crippen molar-refractivity contribution in [2.24, 2.45) is 0 Å². The number of ether oxygens (including phenoxy) is 4. The van der Waals surface area contributed by atoms with E-state index in [1.54, 1.807) is 26.4 Å². The summed E-state index contributed by atoms with van der Waals surface area (Å²) < 4.78 is 21.8. The predicted molar refractivity (Wildman–Crippen MR) is 118 cm³/mol. The Morgan fingerprint density at radius 3 is 2.34 bits per heavy atom. The maximum absolute atomic E-state index is 13.0. The second kappa shape index (κ2) is 9.72. The molecule has 1 aliphatic rings. The number of carbonyl (C=O) groups excluding carboxylic acids is 2. The first-order valence-corrected chi connectivity index (χ1v) is 10.2. The lowest BCUT2D eigenvalue weighted by Gasteiger charge is -2.19. The number of esters is 1. The number of amides is 1. The van der Waals surface area contributed by atoms with Crippen molar-refractivity contribution in [3.8, 4) is 28.4 Å². The van der Waals surface area contributed by atoms with Gasteiger partial charge in [-0.1, -0.05) is 12.1 Å². The standard InChI is InChI=1S/C24H27NO7/c1-13(26)25-19-9-7-15-10-21(29-3)23(30-4)24(31-5)22(15)17-8-6-16(12-32-14(2)27)20(28)11-18(17)19/h6,8,10-11,19H,7,9,12H2,1-5H3,(H,25,26)/t19-/m0/s1. The Kier molecular flexibility index (Phi) is 7.02. The third-order valence-electron chi connectivity index (χ3n) is 5.43. The van der Waals surface area contributed by atoms with Crippen LogP contribution >= 0.6 is 0 Å². The molecule has 0 aliphatic heterocycles. The van der Waals surface area contributed by atoms with E-state index in [0.29, 0.717) is 41.2 Å². The third kappa shape index (κ3) is 4.54. The first kappa shape index (κ1) is 23.1. The van der Waals surface area contributed by atoms with Gasteiger partial charge in [0, 0.05) is 25.0 Å². The van der Waals surface area contributed by atoms with Crippen LogP contribution in [0.25, 0.3) is 11.1 Å². The SMILES string of the molecule is COc1cc2c(c(OC)c1OC)-c1ccc(COC(C)=O)c(=O)cc1[C@@H](NC(C)=O)CC2. The summed E-state index contributed by atoms with van der Waals surface area (Å²) in [5.74, 6) is 0.770. The van der Waals surface area contributed by atoms with Crippen LogP contribution in [0.5, 0.6) is 17.2 Å². The van der Waals surface area contributed by atoms with E-state index < -0.39 is 12.0 Å². The molecule has 32 heavy (non-hydrogen) atoms. The van der Waals surface area contributed by atoms with Crippen LogP contribution in [0.1, 0.15) is 43.0 Å². The molecule has 1 amide bonds. The van der Waals surface area contributed by atoms with E-state index in [9.17, 15) is 14.4 Å². The minimum absolute atomic E-state index is 0.136. The van der Waals surface area contributed by atoms with E-state index in [1.165, 1.54) is 27.0 Å². The second-order valence-electron chi connectivity index (χ2n) is 7.49. The minimum atomic E-state index is -0.475. The van der Waals surface area contributed by atoms with Gasteiger partial charge in [-0.15, -0.1) is 0 Å². The lowest BCUT2D eigenvalue weighted by molar-refractivity contribution is -0.142. The number of nitrogens with one attached hydrogen (secondary N) is 1. The van der Waals surface area contributed by atoms with E-state index in [0.717, 1.165) is 16.7 Å². The zero-order valence-corrected chi connectivity index (χ0v) is 18.9. The predicted octanol–water partition coefficient (Wildman–Crippen LogP) is 2.93. The van der Waals surface area contributed by atoms with Gasteiger partial charge in [-0.3, -0.25) is 14.4 Å². The van der Waals surface area contributed by atoms with Crippen LogP contribution < -0.4 is 25.0 Å². The topological polar surface area (TPSA) is 100 Å². The van der Waals surface area contributed by atoms with Gasteiger partial charge in [-0.2, -0.15) is 0 Å². The summed E-state index contributed by atoms with van der Waals surface area (Å²) in [5, 5.41) is 2.95. The fraction of sp³-hybridized carbons (Fsp3) is 0.375. The van der Waals surface area contributed by atoms with Gasteiger partial charge in [0.25, 0.3) is 0 Å². The van der Waals surface area contributed by atoms with Gasteiger partial charge in [-0.05, 0) is 41.7 Å². The van der Waals surface area contributed by atoms with Gasteiger partial charge in [0.1, 0.15) is 6.61 Å². The number of aryl methyl sites for hydroxylation is 1. The third-order valence-corrected chi connectivity index (χ3v) is 5.43. The summed E-state index contributed by atoms with van der Waals surface area (Å²) in [6.07, 6.45) is 1.19. The molecular formula is C24H27NO7. The summed E-state index contributed by atoms with van der Waals surface area (Å²) in [5.41, 5.74) is 3.13. The highest BCUT2D eigenvalue weighted by atomic mass is 16.5. The summed E-state index contributed by atoms with van der Waals surface area (Å²) in [4.78, 5) is 36.1. The fourth-order valence-electron chi connectivity index (χ4n) is 4.04. The van der Waals surface area contributed by atoms with Crippen molar-refractivity contribution >= 4 is 11.9 Å². The van der Waals surface area contributed by atoms with Crippen LogP contribution in [-0.4, -0.2) is 33.2 Å². The van der Waals surface area contributed by atoms with Crippen molar-refractivity contribution in [1.82, 2.24) is 5.32 Å². The second-order valence-corrected chi connectivity index (χ2v) is 7.49. The molecule has 1 aliphatic carbocycles. The molecule has 8 nitrogen and oxygen atoms in total. The molecule has 0 saturated carbocycles. The van der Waals surface area contributed by atoms with Crippen LogP contribution in [0.4, 0.5) is 0 Å². The maximum Gasteiger partial charge on any atom is 0.302 e. The number of methoxy groups -OCH3 is 3. The van der Waals surface area contributed by atoms with Gasteiger partial charge in [-0.25, -0.2) is 0 Å². The zero-order chi connectivity index (χ0) is 23.4. The molecule has 0 bridgehead atoms. The molecule has 2 aromatic rings. The van der Waals surface area contributed by atoms with Gasteiger partial charge < -0.3 is 24.3 Å². The van der Waals surface area contributed by atoms with E-state index >= 15 is 0 Å². The number of hydrogen-bond acceptors (Lipinski definition) is 7. The summed E-state index contributed by atoms with van der Waals surface area (Å²) in [6, 6.07) is 6.43. The zero-order valence-electron chi connectivity index (χ0n) is 18.9. The van der Waals surface area contributed by atoms with Crippen molar-refractivity contribution in [2.75, 3.05) is 21.3 Å². The minimum Gasteiger partial charge on any atom is -0.493 e. The smallest absolute Gasteiger partial charge is 0.302 e. The van der Waals surface area contributed by atoms with Gasteiger partial charge in [0.2, 0.25) is 11.7 Å². The summed E-state index contributed by atoms with van der Waals surface area (Å²) >= 11 is 0. The Morgan fingerprint density at radius 2 is 1.75 bits per heavy atom. The highest BCUT2D eigenvalue weighted by Crippen LogP contribution is 2.50. The molecule has 170 valence electrons. The molecule has 0 spiro atoms. The summed E-state index contributed by atoms with van der Waals surface area (Å²) in [6.45, 7) is 2.59. The number of benzene rings is 1. The van der Waals surface area contributed by atoms with E-state index in [2.05, 4.69) is 5.32 Å². The maximum atomic E-state index is 13.0. The van der Waals surface area contributed by atoms with Crippen molar-refractivity contribution < 1.29 is 28.5 Å².